The van der Waals surface area contributed by atoms with Crippen molar-refractivity contribution in [1.82, 2.24) is 4.90 Å². The molecule has 0 N–H and O–H groups in total. The molecule has 1 heterocycles. The quantitative estimate of drug-likeness (QED) is 0.537. The van der Waals surface area contributed by atoms with Gasteiger partial charge in [-0.3, -0.25) is 4.90 Å². The summed E-state index contributed by atoms with van der Waals surface area (Å²) >= 11 is 0. The van der Waals surface area contributed by atoms with Gasteiger partial charge in [0.15, 0.2) is 6.30 Å². The molecule has 1 nitrogen and oxygen atoms in total. The van der Waals surface area contributed by atoms with Crippen LogP contribution in [0.5, 0.6) is 0 Å². The smallest absolute Gasteiger partial charge is 0.256 e. The molecule has 2 rings (SSSR count). The summed E-state index contributed by atoms with van der Waals surface area (Å²) in [6, 6.07) is 0. The van der Waals surface area contributed by atoms with E-state index in [1.807, 2.05) is 13.8 Å². The standard InChI is InChI=1S/C7H10F3N.C2H6/c1-11-4-6(2-5(11)8)3-7(6,9)10;1-2/h5H,2-4H2,1H3;1-2H3. The lowest BCUT2D eigenvalue weighted by Gasteiger charge is -2.09. The minimum atomic E-state index is -2.60. The van der Waals surface area contributed by atoms with Gasteiger partial charge in [0, 0.05) is 19.4 Å². The van der Waals surface area contributed by atoms with Crippen molar-refractivity contribution < 1.29 is 13.2 Å². The van der Waals surface area contributed by atoms with Crippen molar-refractivity contribution in [2.75, 3.05) is 13.6 Å². The first kappa shape index (κ1) is 10.8. The van der Waals surface area contributed by atoms with Crippen LogP contribution in [0.3, 0.4) is 0 Å². The van der Waals surface area contributed by atoms with E-state index < -0.39 is 17.6 Å². The van der Waals surface area contributed by atoms with E-state index in [1.165, 1.54) is 4.90 Å². The van der Waals surface area contributed by atoms with Gasteiger partial charge in [-0.25, -0.2) is 13.2 Å². The Bertz CT molecular complexity index is 183. The molecule has 2 aliphatic rings. The first-order valence-electron chi connectivity index (χ1n) is 4.69. The van der Waals surface area contributed by atoms with E-state index in [0.717, 1.165) is 0 Å². The fourth-order valence-corrected chi connectivity index (χ4v) is 1.89. The molecule has 0 amide bonds. The molecule has 0 radical (unpaired) electrons. The van der Waals surface area contributed by atoms with Crippen LogP contribution in [0.4, 0.5) is 13.2 Å². The van der Waals surface area contributed by atoms with Crippen molar-refractivity contribution in [3.63, 3.8) is 0 Å². The molecule has 0 bridgehead atoms. The molecule has 2 atom stereocenters. The molecule has 0 aromatic carbocycles. The number of halogens is 3. The molecule has 1 aliphatic heterocycles. The molecular formula is C9H16F3N. The maximum absolute atomic E-state index is 12.8. The molecule has 13 heavy (non-hydrogen) atoms. The number of alkyl halides is 3. The lowest BCUT2D eigenvalue weighted by Crippen LogP contribution is -2.21. The average molecular weight is 195 g/mol. The third kappa shape index (κ3) is 1.56. The third-order valence-corrected chi connectivity index (χ3v) is 2.80. The van der Waals surface area contributed by atoms with Crippen molar-refractivity contribution in [2.24, 2.45) is 5.41 Å². The summed E-state index contributed by atoms with van der Waals surface area (Å²) in [5.41, 5.74) is -0.999. The highest BCUT2D eigenvalue weighted by Gasteiger charge is 2.74. The number of rotatable bonds is 0. The van der Waals surface area contributed by atoms with E-state index in [9.17, 15) is 13.2 Å². The third-order valence-electron chi connectivity index (χ3n) is 2.80. The van der Waals surface area contributed by atoms with Crippen LogP contribution in [0.2, 0.25) is 0 Å². The Morgan fingerprint density at radius 1 is 1.31 bits per heavy atom. The van der Waals surface area contributed by atoms with E-state index in [-0.39, 0.29) is 19.4 Å². The molecule has 78 valence electrons. The predicted octanol–water partition coefficient (Wildman–Crippen LogP) is 2.67. The predicted molar refractivity (Wildman–Crippen MR) is 45.5 cm³/mol. The highest BCUT2D eigenvalue weighted by Crippen LogP contribution is 2.66. The Kier molecular flexibility index (Phi) is 2.63. The molecular weight excluding hydrogens is 179 g/mol. The number of hydrogen-bond acceptors (Lipinski definition) is 1. The lowest BCUT2D eigenvalue weighted by molar-refractivity contribution is 0.0667. The molecule has 0 aromatic heterocycles. The van der Waals surface area contributed by atoms with Gasteiger partial charge in [0.1, 0.15) is 0 Å². The van der Waals surface area contributed by atoms with Crippen LogP contribution in [0.1, 0.15) is 26.7 Å². The van der Waals surface area contributed by atoms with Gasteiger partial charge < -0.3 is 0 Å². The molecule has 1 saturated carbocycles. The molecule has 2 unspecified atom stereocenters. The second-order valence-electron chi connectivity index (χ2n) is 3.72. The topological polar surface area (TPSA) is 3.24 Å². The van der Waals surface area contributed by atoms with Crippen LogP contribution in [0.15, 0.2) is 0 Å². The van der Waals surface area contributed by atoms with Gasteiger partial charge in [0.25, 0.3) is 5.92 Å². The zero-order chi connectivity index (χ0) is 10.3. The Balaban J connectivity index is 0.000000396. The van der Waals surface area contributed by atoms with Gasteiger partial charge in [0.2, 0.25) is 0 Å². The summed E-state index contributed by atoms with van der Waals surface area (Å²) in [6.45, 7) is 4.21. The Hall–Kier alpha value is -0.250. The van der Waals surface area contributed by atoms with Crippen molar-refractivity contribution in [3.05, 3.63) is 0 Å². The summed E-state index contributed by atoms with van der Waals surface area (Å²) in [6.07, 6.45) is -1.27. The van der Waals surface area contributed by atoms with Crippen molar-refractivity contribution in [3.8, 4) is 0 Å². The SMILES string of the molecule is CC.CN1CC2(CC1F)CC2(F)F. The number of nitrogens with zero attached hydrogens (tertiary/aromatic N) is 1. The maximum Gasteiger partial charge on any atom is 0.256 e. The summed E-state index contributed by atoms with van der Waals surface area (Å²) < 4.78 is 38.1. The zero-order valence-electron chi connectivity index (χ0n) is 8.28. The van der Waals surface area contributed by atoms with Crippen LogP contribution < -0.4 is 0 Å². The van der Waals surface area contributed by atoms with Gasteiger partial charge in [-0.05, 0) is 7.05 Å². The summed E-state index contributed by atoms with van der Waals surface area (Å²) in [4.78, 5) is 1.36. The van der Waals surface area contributed by atoms with Gasteiger partial charge in [-0.2, -0.15) is 0 Å². The van der Waals surface area contributed by atoms with Gasteiger partial charge in [-0.1, -0.05) is 13.8 Å². The molecule has 1 saturated heterocycles. The summed E-state index contributed by atoms with van der Waals surface area (Å²) in [5, 5.41) is 0. The normalized spacial score (nSPS) is 41.5. The molecule has 0 aromatic rings. The van der Waals surface area contributed by atoms with Gasteiger partial charge in [0.05, 0.1) is 5.41 Å². The minimum absolute atomic E-state index is 0.0104. The highest BCUT2D eigenvalue weighted by molar-refractivity contribution is 5.14. The molecule has 1 aliphatic carbocycles. The lowest BCUT2D eigenvalue weighted by atomic mass is 10.1. The second kappa shape index (κ2) is 3.15. The fourth-order valence-electron chi connectivity index (χ4n) is 1.89. The van der Waals surface area contributed by atoms with Crippen LogP contribution in [-0.4, -0.2) is 30.7 Å². The van der Waals surface area contributed by atoms with Crippen molar-refractivity contribution in [2.45, 2.75) is 38.9 Å². The number of likely N-dealkylation sites (tertiary alicyclic amines) is 1. The summed E-state index contributed by atoms with van der Waals surface area (Å²) in [7, 11) is 1.55. The molecule has 1 spiro atoms. The van der Waals surface area contributed by atoms with E-state index >= 15 is 0 Å². The van der Waals surface area contributed by atoms with Crippen LogP contribution in [0, 0.1) is 5.41 Å². The highest BCUT2D eigenvalue weighted by atomic mass is 19.3. The molecule has 4 heteroatoms. The van der Waals surface area contributed by atoms with E-state index in [2.05, 4.69) is 0 Å². The van der Waals surface area contributed by atoms with Gasteiger partial charge in [-0.15, -0.1) is 0 Å². The Morgan fingerprint density at radius 2 is 1.77 bits per heavy atom. The first-order valence-corrected chi connectivity index (χ1v) is 4.69. The maximum atomic E-state index is 12.8. The van der Waals surface area contributed by atoms with Crippen LogP contribution >= 0.6 is 0 Å². The van der Waals surface area contributed by atoms with Gasteiger partial charge >= 0.3 is 0 Å². The molecule has 2 fully saturated rings. The minimum Gasteiger partial charge on any atom is -0.276 e. The average Bonchev–Trinajstić information content (AvgIpc) is 2.41. The van der Waals surface area contributed by atoms with E-state index in [0.29, 0.717) is 0 Å². The van der Waals surface area contributed by atoms with E-state index in [1.54, 1.807) is 7.05 Å². The second-order valence-corrected chi connectivity index (χ2v) is 3.72. The summed E-state index contributed by atoms with van der Waals surface area (Å²) in [5.74, 6) is -2.60. The zero-order valence-corrected chi connectivity index (χ0v) is 8.28. The van der Waals surface area contributed by atoms with Crippen LogP contribution in [-0.2, 0) is 0 Å². The first-order chi connectivity index (χ1) is 5.97. The Morgan fingerprint density at radius 3 is 1.92 bits per heavy atom. The Labute approximate surface area is 76.9 Å². The fraction of sp³-hybridized carbons (Fsp3) is 1.00. The van der Waals surface area contributed by atoms with E-state index in [4.69, 9.17) is 0 Å². The largest absolute Gasteiger partial charge is 0.276 e. The van der Waals surface area contributed by atoms with Crippen molar-refractivity contribution in [1.29, 1.82) is 0 Å². The van der Waals surface area contributed by atoms with Crippen molar-refractivity contribution >= 4 is 0 Å². The van der Waals surface area contributed by atoms with Crippen LogP contribution in [0.25, 0.3) is 0 Å². The number of hydrogen-bond donors (Lipinski definition) is 0. The monoisotopic (exact) mass is 195 g/mol.